The van der Waals surface area contributed by atoms with Crippen molar-refractivity contribution in [3.63, 3.8) is 0 Å². The van der Waals surface area contributed by atoms with Crippen molar-refractivity contribution in [2.75, 3.05) is 6.54 Å². The zero-order valence-corrected chi connectivity index (χ0v) is 13.1. The molecule has 1 aromatic rings. The van der Waals surface area contributed by atoms with Crippen LogP contribution in [0.3, 0.4) is 0 Å². The third-order valence-electron chi connectivity index (χ3n) is 3.18. The van der Waals surface area contributed by atoms with E-state index in [1.54, 1.807) is 0 Å². The number of rotatable bonds is 10. The van der Waals surface area contributed by atoms with Crippen LogP contribution in [0.4, 0.5) is 0 Å². The summed E-state index contributed by atoms with van der Waals surface area (Å²) >= 11 is 3.50. The van der Waals surface area contributed by atoms with Crippen molar-refractivity contribution in [1.29, 1.82) is 0 Å². The lowest BCUT2D eigenvalue weighted by Gasteiger charge is -2.05. The first kappa shape index (κ1) is 15.7. The predicted octanol–water partition coefficient (Wildman–Crippen LogP) is 5.29. The Morgan fingerprint density at radius 1 is 1.00 bits per heavy atom. The van der Waals surface area contributed by atoms with Gasteiger partial charge < -0.3 is 5.32 Å². The van der Waals surface area contributed by atoms with Crippen molar-refractivity contribution in [2.24, 2.45) is 0 Å². The minimum Gasteiger partial charge on any atom is -0.313 e. The van der Waals surface area contributed by atoms with Gasteiger partial charge in [-0.2, -0.15) is 0 Å². The van der Waals surface area contributed by atoms with Gasteiger partial charge in [0, 0.05) is 11.0 Å². The number of benzene rings is 1. The molecule has 0 bridgehead atoms. The molecular formula is C16H26BrN. The lowest BCUT2D eigenvalue weighted by atomic mass is 10.1. The summed E-state index contributed by atoms with van der Waals surface area (Å²) in [7, 11) is 0. The van der Waals surface area contributed by atoms with Crippen LogP contribution in [-0.4, -0.2) is 6.54 Å². The molecule has 1 N–H and O–H groups in total. The molecule has 0 aliphatic rings. The van der Waals surface area contributed by atoms with Gasteiger partial charge in [0.05, 0.1) is 0 Å². The van der Waals surface area contributed by atoms with Gasteiger partial charge in [-0.05, 0) is 30.7 Å². The van der Waals surface area contributed by atoms with E-state index < -0.39 is 0 Å². The maximum absolute atomic E-state index is 3.51. The van der Waals surface area contributed by atoms with Gasteiger partial charge in [0.1, 0.15) is 0 Å². The molecule has 0 unspecified atom stereocenters. The topological polar surface area (TPSA) is 12.0 Å². The van der Waals surface area contributed by atoms with Crippen LogP contribution < -0.4 is 5.32 Å². The van der Waals surface area contributed by atoms with Crippen LogP contribution in [0.15, 0.2) is 28.7 Å². The molecule has 1 nitrogen and oxygen atoms in total. The van der Waals surface area contributed by atoms with Gasteiger partial charge in [0.25, 0.3) is 0 Å². The number of nitrogens with one attached hydrogen (secondary N) is 1. The van der Waals surface area contributed by atoms with Crippen molar-refractivity contribution >= 4 is 15.9 Å². The Balaban J connectivity index is 1.92. The minimum atomic E-state index is 0.981. The highest BCUT2D eigenvalue weighted by Gasteiger charge is 1.94. The largest absolute Gasteiger partial charge is 0.313 e. The van der Waals surface area contributed by atoms with Gasteiger partial charge in [-0.1, -0.05) is 73.5 Å². The molecule has 1 rings (SSSR count). The van der Waals surface area contributed by atoms with Gasteiger partial charge in [0.15, 0.2) is 0 Å². The van der Waals surface area contributed by atoms with Crippen LogP contribution in [0.5, 0.6) is 0 Å². The van der Waals surface area contributed by atoms with E-state index in [0.717, 1.165) is 17.6 Å². The quantitative estimate of drug-likeness (QED) is 0.579. The summed E-state index contributed by atoms with van der Waals surface area (Å²) < 4.78 is 1.16. The van der Waals surface area contributed by atoms with E-state index in [2.05, 4.69) is 52.4 Å². The molecule has 0 radical (unpaired) electrons. The van der Waals surface area contributed by atoms with Crippen LogP contribution in [0, 0.1) is 0 Å². The molecule has 1 aromatic carbocycles. The van der Waals surface area contributed by atoms with E-state index in [4.69, 9.17) is 0 Å². The van der Waals surface area contributed by atoms with Crippen LogP contribution in [0.2, 0.25) is 0 Å². The molecule has 2 heteroatoms. The zero-order chi connectivity index (χ0) is 13.1. The third-order valence-corrected chi connectivity index (χ3v) is 3.67. The minimum absolute atomic E-state index is 0.981. The van der Waals surface area contributed by atoms with E-state index in [1.165, 1.54) is 50.5 Å². The molecule has 18 heavy (non-hydrogen) atoms. The first-order valence-electron chi connectivity index (χ1n) is 7.28. The summed E-state index contributed by atoms with van der Waals surface area (Å²) in [5.74, 6) is 0. The Labute approximate surface area is 120 Å². The van der Waals surface area contributed by atoms with Crippen molar-refractivity contribution in [3.05, 3.63) is 34.3 Å². The molecule has 0 saturated heterocycles. The molecule has 0 fully saturated rings. The van der Waals surface area contributed by atoms with E-state index in [1.807, 2.05) is 0 Å². The fraction of sp³-hybridized carbons (Fsp3) is 0.625. The maximum atomic E-state index is 3.51. The van der Waals surface area contributed by atoms with E-state index >= 15 is 0 Å². The Morgan fingerprint density at radius 2 is 1.72 bits per heavy atom. The highest BCUT2D eigenvalue weighted by molar-refractivity contribution is 9.10. The first-order valence-corrected chi connectivity index (χ1v) is 8.07. The first-order chi connectivity index (χ1) is 8.83. The van der Waals surface area contributed by atoms with Crippen molar-refractivity contribution in [2.45, 2.75) is 58.4 Å². The van der Waals surface area contributed by atoms with Crippen LogP contribution in [0.25, 0.3) is 0 Å². The Morgan fingerprint density at radius 3 is 2.44 bits per heavy atom. The normalized spacial score (nSPS) is 10.8. The van der Waals surface area contributed by atoms with Gasteiger partial charge in [-0.25, -0.2) is 0 Å². The van der Waals surface area contributed by atoms with Gasteiger partial charge in [-0.3, -0.25) is 0 Å². The molecule has 102 valence electrons. The summed E-state index contributed by atoms with van der Waals surface area (Å²) in [4.78, 5) is 0. The maximum Gasteiger partial charge on any atom is 0.0205 e. The second-order valence-corrected chi connectivity index (χ2v) is 5.84. The molecule has 0 amide bonds. The average Bonchev–Trinajstić information content (AvgIpc) is 2.37. The van der Waals surface area contributed by atoms with Crippen LogP contribution >= 0.6 is 15.9 Å². The number of unbranched alkanes of at least 4 members (excludes halogenated alkanes) is 6. The van der Waals surface area contributed by atoms with E-state index in [0.29, 0.717) is 0 Å². The van der Waals surface area contributed by atoms with E-state index in [-0.39, 0.29) is 0 Å². The molecule has 0 heterocycles. The second kappa shape index (κ2) is 10.6. The fourth-order valence-electron chi connectivity index (χ4n) is 2.09. The highest BCUT2D eigenvalue weighted by atomic mass is 79.9. The Hall–Kier alpha value is -0.340. The monoisotopic (exact) mass is 311 g/mol. The summed E-state index contributed by atoms with van der Waals surface area (Å²) in [6.07, 6.45) is 9.66. The summed E-state index contributed by atoms with van der Waals surface area (Å²) in [5, 5.41) is 3.51. The molecule has 0 saturated carbocycles. The smallest absolute Gasteiger partial charge is 0.0205 e. The summed E-state index contributed by atoms with van der Waals surface area (Å²) in [6.45, 7) is 4.39. The second-order valence-electron chi connectivity index (χ2n) is 4.93. The lowest BCUT2D eigenvalue weighted by molar-refractivity contribution is 0.562. The summed E-state index contributed by atoms with van der Waals surface area (Å²) in [5.41, 5.74) is 1.35. The SMILES string of the molecule is CCCCCCCCCNCc1cccc(Br)c1. The lowest BCUT2D eigenvalue weighted by Crippen LogP contribution is -2.14. The fourth-order valence-corrected chi connectivity index (χ4v) is 2.53. The average molecular weight is 312 g/mol. The van der Waals surface area contributed by atoms with Gasteiger partial charge >= 0.3 is 0 Å². The summed E-state index contributed by atoms with van der Waals surface area (Å²) in [6, 6.07) is 8.51. The molecular weight excluding hydrogens is 286 g/mol. The molecule has 0 aliphatic heterocycles. The number of hydrogen-bond acceptors (Lipinski definition) is 1. The van der Waals surface area contributed by atoms with Crippen molar-refractivity contribution < 1.29 is 0 Å². The number of halogens is 1. The number of hydrogen-bond donors (Lipinski definition) is 1. The van der Waals surface area contributed by atoms with Crippen LogP contribution in [0.1, 0.15) is 57.4 Å². The molecule has 0 aromatic heterocycles. The Kier molecular flexibility index (Phi) is 9.23. The third kappa shape index (κ3) is 7.88. The predicted molar refractivity (Wildman–Crippen MR) is 83.8 cm³/mol. The van der Waals surface area contributed by atoms with Crippen LogP contribution in [-0.2, 0) is 6.54 Å². The van der Waals surface area contributed by atoms with Crippen molar-refractivity contribution in [3.8, 4) is 0 Å². The molecule has 0 spiro atoms. The highest BCUT2D eigenvalue weighted by Crippen LogP contribution is 2.11. The van der Waals surface area contributed by atoms with Gasteiger partial charge in [-0.15, -0.1) is 0 Å². The molecule has 0 atom stereocenters. The van der Waals surface area contributed by atoms with E-state index in [9.17, 15) is 0 Å². The van der Waals surface area contributed by atoms with Gasteiger partial charge in [0.2, 0.25) is 0 Å². The molecule has 0 aliphatic carbocycles. The standard InChI is InChI=1S/C16H26BrN/c1-2-3-4-5-6-7-8-12-18-14-15-10-9-11-16(17)13-15/h9-11,13,18H,2-8,12,14H2,1H3. The van der Waals surface area contributed by atoms with Crippen molar-refractivity contribution in [1.82, 2.24) is 5.32 Å². The Bertz CT molecular complexity index is 312. The zero-order valence-electron chi connectivity index (χ0n) is 11.6.